The molecule has 5 heteroatoms. The van der Waals surface area contributed by atoms with Crippen LogP contribution in [0.5, 0.6) is 0 Å². The molecule has 3 nitrogen and oxygen atoms in total. The lowest BCUT2D eigenvalue weighted by Gasteiger charge is -2.35. The summed E-state index contributed by atoms with van der Waals surface area (Å²) in [6.45, 7) is 1.23. The van der Waals surface area contributed by atoms with E-state index in [0.717, 1.165) is 25.7 Å². The monoisotopic (exact) mass is 279 g/mol. The zero-order chi connectivity index (χ0) is 14.2. The molecule has 0 aromatic heterocycles. The zero-order valence-corrected chi connectivity index (χ0v) is 11.0. The lowest BCUT2D eigenvalue weighted by molar-refractivity contribution is -0.178. The Morgan fingerprint density at radius 3 is 2.15 bits per heavy atom. The molecule has 1 heterocycles. The van der Waals surface area contributed by atoms with Crippen molar-refractivity contribution < 1.29 is 18.3 Å². The molecule has 1 aliphatic carbocycles. The molecule has 0 amide bonds. The molecule has 0 atom stereocenters. The van der Waals surface area contributed by atoms with E-state index in [4.69, 9.17) is 14.7 Å². The summed E-state index contributed by atoms with van der Waals surface area (Å²) in [5.74, 6) is -1.95. The molecule has 1 aliphatic heterocycles. The number of hydrogen-bond acceptors (Lipinski definition) is 3. The minimum Gasteiger partial charge on any atom is -0.348 e. The van der Waals surface area contributed by atoms with Crippen LogP contribution in [0.2, 0.25) is 0 Å². The van der Waals surface area contributed by atoms with Crippen LogP contribution in [-0.2, 0) is 9.47 Å². The van der Waals surface area contributed by atoms with Crippen molar-refractivity contribution >= 4 is 0 Å². The largest absolute Gasteiger partial charge is 0.348 e. The molecule has 1 spiro atoms. The van der Waals surface area contributed by atoms with Gasteiger partial charge in [0.2, 0.25) is 0 Å². The first-order valence-corrected chi connectivity index (χ1v) is 6.80. The van der Waals surface area contributed by atoms with Crippen molar-refractivity contribution in [2.75, 3.05) is 13.2 Å². The van der Waals surface area contributed by atoms with Gasteiger partial charge < -0.3 is 9.47 Å². The quantitative estimate of drug-likeness (QED) is 0.792. The van der Waals surface area contributed by atoms with E-state index in [-0.39, 0.29) is 5.92 Å². The summed E-state index contributed by atoms with van der Waals surface area (Å²) in [6, 6.07) is 4.10. The van der Waals surface area contributed by atoms with Crippen LogP contribution in [-0.4, -0.2) is 19.0 Å². The smallest absolute Gasteiger partial charge is 0.168 e. The number of nitriles is 1. The second-order valence-electron chi connectivity index (χ2n) is 5.35. The molecule has 2 fully saturated rings. The number of benzene rings is 1. The minimum absolute atomic E-state index is 0.0881. The highest BCUT2D eigenvalue weighted by Gasteiger charge is 2.40. The predicted molar refractivity (Wildman–Crippen MR) is 66.9 cm³/mol. The lowest BCUT2D eigenvalue weighted by atomic mass is 9.80. The fraction of sp³-hybridized carbons (Fsp3) is 0.533. The number of hydrogen-bond donors (Lipinski definition) is 0. The fourth-order valence-electron chi connectivity index (χ4n) is 3.11. The Kier molecular flexibility index (Phi) is 3.45. The Morgan fingerprint density at radius 1 is 1.10 bits per heavy atom. The molecular weight excluding hydrogens is 264 g/mol. The van der Waals surface area contributed by atoms with Gasteiger partial charge in [0, 0.05) is 12.8 Å². The number of ether oxygens (including phenoxy) is 2. The van der Waals surface area contributed by atoms with Gasteiger partial charge in [0.1, 0.15) is 23.3 Å². The Hall–Kier alpha value is -1.51. The average molecular weight is 279 g/mol. The fourth-order valence-corrected chi connectivity index (χ4v) is 3.11. The normalized spacial score (nSPS) is 22.1. The maximum atomic E-state index is 13.6. The van der Waals surface area contributed by atoms with E-state index in [1.54, 1.807) is 6.07 Å². The van der Waals surface area contributed by atoms with E-state index in [9.17, 15) is 8.78 Å². The van der Waals surface area contributed by atoms with Crippen LogP contribution in [0.15, 0.2) is 12.1 Å². The highest BCUT2D eigenvalue weighted by molar-refractivity contribution is 5.36. The van der Waals surface area contributed by atoms with Crippen LogP contribution >= 0.6 is 0 Å². The van der Waals surface area contributed by atoms with Gasteiger partial charge in [0.15, 0.2) is 5.79 Å². The molecular formula is C15H15F2NO2. The third-order valence-corrected chi connectivity index (χ3v) is 4.21. The SMILES string of the molecule is N#Cc1c(F)cc(C2CCC3(CC2)OCCO3)cc1F. The van der Waals surface area contributed by atoms with Crippen molar-refractivity contribution in [1.82, 2.24) is 0 Å². The van der Waals surface area contributed by atoms with Gasteiger partial charge in [-0.15, -0.1) is 0 Å². The van der Waals surface area contributed by atoms with Crippen LogP contribution in [0.25, 0.3) is 0 Å². The Morgan fingerprint density at radius 2 is 1.65 bits per heavy atom. The third-order valence-electron chi connectivity index (χ3n) is 4.21. The standard InChI is InChI=1S/C15H15F2NO2/c16-13-7-11(8-14(17)12(13)9-18)10-1-3-15(4-2-10)19-5-6-20-15/h7-8,10H,1-6H2. The molecule has 0 bridgehead atoms. The molecule has 0 unspecified atom stereocenters. The highest BCUT2D eigenvalue weighted by Crippen LogP contribution is 2.42. The number of rotatable bonds is 1. The minimum atomic E-state index is -0.781. The van der Waals surface area contributed by atoms with Gasteiger partial charge in [0.05, 0.1) is 13.2 Å². The Bertz CT molecular complexity index is 528. The maximum absolute atomic E-state index is 13.6. The summed E-state index contributed by atoms with van der Waals surface area (Å²) in [7, 11) is 0. The molecule has 2 aliphatic rings. The van der Waals surface area contributed by atoms with Crippen molar-refractivity contribution in [3.05, 3.63) is 34.9 Å². The topological polar surface area (TPSA) is 42.2 Å². The molecule has 1 saturated heterocycles. The average Bonchev–Trinajstić information content (AvgIpc) is 2.87. The molecule has 3 rings (SSSR count). The number of halogens is 2. The summed E-state index contributed by atoms with van der Waals surface area (Å²) in [6.07, 6.45) is 3.01. The van der Waals surface area contributed by atoms with Gasteiger partial charge >= 0.3 is 0 Å². The zero-order valence-electron chi connectivity index (χ0n) is 11.0. The highest BCUT2D eigenvalue weighted by atomic mass is 19.1. The van der Waals surface area contributed by atoms with Crippen molar-refractivity contribution in [2.24, 2.45) is 0 Å². The molecule has 1 aromatic carbocycles. The van der Waals surface area contributed by atoms with E-state index in [1.165, 1.54) is 12.1 Å². The first kappa shape index (κ1) is 13.5. The lowest BCUT2D eigenvalue weighted by Crippen LogP contribution is -2.34. The maximum Gasteiger partial charge on any atom is 0.168 e. The van der Waals surface area contributed by atoms with E-state index in [0.29, 0.717) is 18.8 Å². The first-order chi connectivity index (χ1) is 9.63. The molecule has 0 N–H and O–H groups in total. The van der Waals surface area contributed by atoms with Crippen LogP contribution in [0.4, 0.5) is 8.78 Å². The van der Waals surface area contributed by atoms with Gasteiger partial charge in [-0.25, -0.2) is 8.78 Å². The van der Waals surface area contributed by atoms with Crippen LogP contribution in [0.1, 0.15) is 42.7 Å². The molecule has 1 aromatic rings. The van der Waals surface area contributed by atoms with E-state index >= 15 is 0 Å². The van der Waals surface area contributed by atoms with E-state index in [1.807, 2.05) is 0 Å². The molecule has 0 radical (unpaired) electrons. The van der Waals surface area contributed by atoms with Crippen molar-refractivity contribution in [3.8, 4) is 6.07 Å². The van der Waals surface area contributed by atoms with Crippen molar-refractivity contribution in [3.63, 3.8) is 0 Å². The van der Waals surface area contributed by atoms with E-state index < -0.39 is 23.0 Å². The summed E-state index contributed by atoms with van der Waals surface area (Å²) in [4.78, 5) is 0. The summed E-state index contributed by atoms with van der Waals surface area (Å²) in [5, 5.41) is 8.68. The molecule has 1 saturated carbocycles. The van der Waals surface area contributed by atoms with Crippen LogP contribution in [0.3, 0.4) is 0 Å². The molecule has 20 heavy (non-hydrogen) atoms. The summed E-state index contributed by atoms with van der Waals surface area (Å²) >= 11 is 0. The van der Waals surface area contributed by atoms with Crippen LogP contribution in [0, 0.1) is 23.0 Å². The summed E-state index contributed by atoms with van der Waals surface area (Å²) < 4.78 is 38.6. The second kappa shape index (κ2) is 5.12. The predicted octanol–water partition coefficient (Wildman–Crippen LogP) is 3.24. The first-order valence-electron chi connectivity index (χ1n) is 6.80. The Balaban J connectivity index is 1.77. The van der Waals surface area contributed by atoms with Gasteiger partial charge in [-0.2, -0.15) is 5.26 Å². The van der Waals surface area contributed by atoms with E-state index in [2.05, 4.69) is 0 Å². The van der Waals surface area contributed by atoms with Crippen molar-refractivity contribution in [1.29, 1.82) is 5.26 Å². The Labute approximate surface area is 116 Å². The summed E-state index contributed by atoms with van der Waals surface area (Å²) in [5.41, 5.74) is 0.107. The second-order valence-corrected chi connectivity index (χ2v) is 5.35. The van der Waals surface area contributed by atoms with Gasteiger partial charge in [0.25, 0.3) is 0 Å². The van der Waals surface area contributed by atoms with Crippen molar-refractivity contribution in [2.45, 2.75) is 37.4 Å². The van der Waals surface area contributed by atoms with Crippen LogP contribution < -0.4 is 0 Å². The van der Waals surface area contributed by atoms with Gasteiger partial charge in [-0.1, -0.05) is 0 Å². The molecule has 106 valence electrons. The third kappa shape index (κ3) is 2.30. The number of nitrogens with zero attached hydrogens (tertiary/aromatic N) is 1. The van der Waals surface area contributed by atoms with Gasteiger partial charge in [-0.3, -0.25) is 0 Å². The van der Waals surface area contributed by atoms with Gasteiger partial charge in [-0.05, 0) is 36.5 Å².